The van der Waals surface area contributed by atoms with Gasteiger partial charge in [-0.25, -0.2) is 13.4 Å². The minimum atomic E-state index is -3.61. The van der Waals surface area contributed by atoms with Crippen LogP contribution in [0.5, 0.6) is 17.4 Å². The molecule has 3 aromatic rings. The van der Waals surface area contributed by atoms with E-state index in [-0.39, 0.29) is 34.0 Å². The van der Waals surface area contributed by atoms with Crippen molar-refractivity contribution in [2.75, 3.05) is 57.6 Å². The highest BCUT2D eigenvalue weighted by atomic mass is 35.5. The summed E-state index contributed by atoms with van der Waals surface area (Å²) in [5, 5.41) is 3.14. The van der Waals surface area contributed by atoms with Crippen molar-refractivity contribution in [2.45, 2.75) is 32.7 Å². The second-order valence-electron chi connectivity index (χ2n) is 11.3. The fraction of sp³-hybridized carbons (Fsp3) is 0.414. The fourth-order valence-corrected chi connectivity index (χ4v) is 4.59. The van der Waals surface area contributed by atoms with Crippen molar-refractivity contribution in [2.24, 2.45) is 0 Å². The normalized spacial score (nSPS) is 12.0. The fourth-order valence-electron chi connectivity index (χ4n) is 3.88. The van der Waals surface area contributed by atoms with E-state index in [1.807, 2.05) is 41.9 Å². The van der Waals surface area contributed by atoms with Crippen molar-refractivity contribution in [3.8, 4) is 17.4 Å². The lowest BCUT2D eigenvalue weighted by Gasteiger charge is -2.24. The van der Waals surface area contributed by atoms with Gasteiger partial charge in [0.15, 0.2) is 5.75 Å². The Bertz CT molecular complexity index is 1530. The van der Waals surface area contributed by atoms with Gasteiger partial charge in [-0.15, -0.1) is 0 Å². The summed E-state index contributed by atoms with van der Waals surface area (Å²) in [4.78, 5) is 26.4. The number of likely N-dealkylation sites (N-methyl/N-ethyl adjacent to an activating group) is 2. The van der Waals surface area contributed by atoms with Gasteiger partial charge >= 0.3 is 0 Å². The molecule has 0 aliphatic heterocycles. The summed E-state index contributed by atoms with van der Waals surface area (Å²) in [6.45, 7) is 8.22. The zero-order chi connectivity index (χ0) is 31.2. The second-order valence-corrected chi connectivity index (χ2v) is 13.4. The van der Waals surface area contributed by atoms with Crippen LogP contribution in [0.25, 0.3) is 0 Å². The van der Waals surface area contributed by atoms with Crippen molar-refractivity contribution in [3.63, 3.8) is 0 Å². The zero-order valence-corrected chi connectivity index (χ0v) is 26.9. The quantitative estimate of drug-likeness (QED) is 0.293. The number of nitrogens with zero attached hydrogens (tertiary/aromatic N) is 4. The van der Waals surface area contributed by atoms with Crippen LogP contribution in [-0.2, 0) is 22.0 Å². The van der Waals surface area contributed by atoms with Crippen LogP contribution in [0.3, 0.4) is 0 Å². The van der Waals surface area contributed by atoms with E-state index in [1.54, 1.807) is 36.5 Å². The minimum absolute atomic E-state index is 0.177. The summed E-state index contributed by atoms with van der Waals surface area (Å²) in [5.41, 5.74) is 1.22. The molecular formula is C29H39ClN6O5S. The number of sulfonamides is 1. The van der Waals surface area contributed by atoms with Gasteiger partial charge in [0.25, 0.3) is 5.91 Å². The van der Waals surface area contributed by atoms with Crippen LogP contribution in [0.15, 0.2) is 42.6 Å². The maximum atomic E-state index is 13.4. The summed E-state index contributed by atoms with van der Waals surface area (Å²) in [6, 6.07) is 9.70. The summed E-state index contributed by atoms with van der Waals surface area (Å²) < 4.78 is 38.0. The summed E-state index contributed by atoms with van der Waals surface area (Å²) >= 11 is 6.41. The molecule has 0 fully saturated rings. The molecule has 2 N–H and O–H groups in total. The number of rotatable bonds is 12. The minimum Gasteiger partial charge on any atom is -0.492 e. The highest BCUT2D eigenvalue weighted by Gasteiger charge is 2.23. The van der Waals surface area contributed by atoms with Gasteiger partial charge in [0.1, 0.15) is 11.6 Å². The van der Waals surface area contributed by atoms with Crippen molar-refractivity contribution in [3.05, 3.63) is 64.6 Å². The topological polar surface area (TPSA) is 126 Å². The molecule has 228 valence electrons. The van der Waals surface area contributed by atoms with E-state index in [4.69, 9.17) is 21.1 Å². The Morgan fingerprint density at radius 2 is 1.74 bits per heavy atom. The van der Waals surface area contributed by atoms with Gasteiger partial charge < -0.3 is 19.7 Å². The van der Waals surface area contributed by atoms with Gasteiger partial charge in [0, 0.05) is 30.9 Å². The number of carbonyl (C=O) groups excluding carboxylic acids is 1. The van der Waals surface area contributed by atoms with Crippen molar-refractivity contribution in [1.29, 1.82) is 0 Å². The van der Waals surface area contributed by atoms with Crippen molar-refractivity contribution < 1.29 is 22.7 Å². The van der Waals surface area contributed by atoms with Gasteiger partial charge in [0.05, 0.1) is 36.3 Å². The highest BCUT2D eigenvalue weighted by molar-refractivity contribution is 7.92. The molecule has 0 radical (unpaired) electrons. The average molecular weight is 619 g/mol. The van der Waals surface area contributed by atoms with E-state index in [0.717, 1.165) is 24.9 Å². The SMILES string of the molecule is COc1c(NC(=O)c2ccc(Cl)c(Oc3ccnc(CN(C)CCN(C)C)n3)c2)cc(C(C)(C)C)cc1NS(C)(=O)=O. The first-order chi connectivity index (χ1) is 19.6. The number of amides is 1. The summed E-state index contributed by atoms with van der Waals surface area (Å²) in [7, 11) is 3.81. The van der Waals surface area contributed by atoms with Crippen molar-refractivity contribution >= 4 is 38.9 Å². The largest absolute Gasteiger partial charge is 0.492 e. The van der Waals surface area contributed by atoms with Crippen LogP contribution in [0.4, 0.5) is 11.4 Å². The predicted octanol–water partition coefficient (Wildman–Crippen LogP) is 4.85. The lowest BCUT2D eigenvalue weighted by atomic mass is 9.86. The maximum absolute atomic E-state index is 13.4. The molecule has 42 heavy (non-hydrogen) atoms. The first-order valence-electron chi connectivity index (χ1n) is 13.2. The lowest BCUT2D eigenvalue weighted by Crippen LogP contribution is -2.28. The Morgan fingerprint density at radius 3 is 2.36 bits per heavy atom. The number of halogens is 1. The second kappa shape index (κ2) is 13.7. The number of hydrogen-bond donors (Lipinski definition) is 2. The summed E-state index contributed by atoms with van der Waals surface area (Å²) in [5.74, 6) is 0.817. The molecular weight excluding hydrogens is 580 g/mol. The zero-order valence-electron chi connectivity index (χ0n) is 25.3. The van der Waals surface area contributed by atoms with E-state index < -0.39 is 15.9 Å². The van der Waals surface area contributed by atoms with Crippen molar-refractivity contribution in [1.82, 2.24) is 19.8 Å². The molecule has 0 atom stereocenters. The maximum Gasteiger partial charge on any atom is 0.255 e. The molecule has 11 nitrogen and oxygen atoms in total. The molecule has 2 aromatic carbocycles. The third kappa shape index (κ3) is 9.55. The van der Waals surface area contributed by atoms with Gasteiger partial charge in [-0.3, -0.25) is 14.4 Å². The first kappa shape index (κ1) is 33.1. The number of carbonyl (C=O) groups is 1. The van der Waals surface area contributed by atoms with E-state index in [1.165, 1.54) is 13.2 Å². The molecule has 0 aliphatic rings. The van der Waals surface area contributed by atoms with Crippen LogP contribution < -0.4 is 19.5 Å². The molecule has 0 saturated heterocycles. The smallest absolute Gasteiger partial charge is 0.255 e. The lowest BCUT2D eigenvalue weighted by molar-refractivity contribution is 0.102. The molecule has 0 unspecified atom stereocenters. The number of methoxy groups -OCH3 is 1. The average Bonchev–Trinajstić information content (AvgIpc) is 2.87. The number of hydrogen-bond acceptors (Lipinski definition) is 9. The number of ether oxygens (including phenoxy) is 2. The van der Waals surface area contributed by atoms with E-state index in [2.05, 4.69) is 29.8 Å². The Hall–Kier alpha value is -3.45. The molecule has 1 amide bonds. The van der Waals surface area contributed by atoms with Crippen LogP contribution in [0.1, 0.15) is 42.5 Å². The third-order valence-corrected chi connectivity index (χ3v) is 7.03. The number of anilines is 2. The Balaban J connectivity index is 1.87. The molecule has 3 rings (SSSR count). The van der Waals surface area contributed by atoms with E-state index in [9.17, 15) is 13.2 Å². The summed E-state index contributed by atoms with van der Waals surface area (Å²) in [6.07, 6.45) is 2.66. The Kier molecular flexibility index (Phi) is 10.8. The first-order valence-corrected chi connectivity index (χ1v) is 15.5. The van der Waals surface area contributed by atoms with E-state index >= 15 is 0 Å². The van der Waals surface area contributed by atoms with Crippen LogP contribution >= 0.6 is 11.6 Å². The van der Waals surface area contributed by atoms with E-state index in [0.29, 0.717) is 23.1 Å². The molecule has 1 aromatic heterocycles. The monoisotopic (exact) mass is 618 g/mol. The van der Waals surface area contributed by atoms with Gasteiger partial charge in [-0.05, 0) is 62.5 Å². The molecule has 0 bridgehead atoms. The number of aromatic nitrogens is 2. The number of benzene rings is 2. The standard InChI is InChI=1S/C29H39ClN6O5S/c1-29(2,3)20-16-22(27(40-7)23(17-20)34-42(8,38)39)32-28(37)19-9-10-21(30)24(15-19)41-26-11-12-31-25(33-26)18-36(6)14-13-35(4)5/h9-12,15-17,34H,13-14,18H2,1-8H3,(H,32,37). The van der Waals surface area contributed by atoms with Crippen LogP contribution in [0.2, 0.25) is 5.02 Å². The van der Waals surface area contributed by atoms with Crippen LogP contribution in [0, 0.1) is 0 Å². The predicted molar refractivity (Wildman–Crippen MR) is 167 cm³/mol. The molecule has 1 heterocycles. The Morgan fingerprint density at radius 1 is 1.05 bits per heavy atom. The molecule has 0 spiro atoms. The molecule has 0 aliphatic carbocycles. The Labute approximate surface area is 253 Å². The van der Waals surface area contributed by atoms with Crippen LogP contribution in [-0.4, -0.2) is 81.7 Å². The highest BCUT2D eigenvalue weighted by Crippen LogP contribution is 2.39. The van der Waals surface area contributed by atoms with Gasteiger partial charge in [-0.2, -0.15) is 4.98 Å². The molecule has 13 heteroatoms. The third-order valence-electron chi connectivity index (χ3n) is 6.13. The van der Waals surface area contributed by atoms with Gasteiger partial charge in [-0.1, -0.05) is 32.4 Å². The molecule has 0 saturated carbocycles. The number of nitrogens with one attached hydrogen (secondary N) is 2. The van der Waals surface area contributed by atoms with Gasteiger partial charge in [0.2, 0.25) is 15.9 Å².